The first-order chi connectivity index (χ1) is 16.1. The Morgan fingerprint density at radius 3 is 2.18 bits per heavy atom. The maximum absolute atomic E-state index is 11.5. The Morgan fingerprint density at radius 1 is 1.00 bits per heavy atom. The lowest BCUT2D eigenvalue weighted by molar-refractivity contribution is -0.148. The fourth-order valence-electron chi connectivity index (χ4n) is 4.38. The van der Waals surface area contributed by atoms with Gasteiger partial charge in [0.1, 0.15) is 6.10 Å². The molecule has 1 aliphatic heterocycles. The first kappa shape index (κ1) is 30.5. The van der Waals surface area contributed by atoms with Crippen LogP contribution in [0.25, 0.3) is 0 Å². The molecule has 1 aliphatic rings. The predicted octanol–water partition coefficient (Wildman–Crippen LogP) is 6.22. The van der Waals surface area contributed by atoms with E-state index < -0.39 is 30.5 Å². The van der Waals surface area contributed by atoms with Gasteiger partial charge in [0.25, 0.3) is 0 Å². The van der Waals surface area contributed by atoms with Gasteiger partial charge in [0.05, 0.1) is 13.2 Å². The van der Waals surface area contributed by atoms with Gasteiger partial charge in [0, 0.05) is 0 Å². The Kier molecular flexibility index (Phi) is 15.2. The molecular weight excluding hydrogens is 432 g/mol. The molecule has 3 N–H and O–H groups in total. The van der Waals surface area contributed by atoms with Crippen molar-refractivity contribution in [3.05, 3.63) is 23.2 Å². The van der Waals surface area contributed by atoms with Crippen LogP contribution in [0.15, 0.2) is 23.2 Å². The second-order valence-electron chi connectivity index (χ2n) is 10.7. The summed E-state index contributed by atoms with van der Waals surface area (Å²) in [4.78, 5) is 11.5. The summed E-state index contributed by atoms with van der Waals surface area (Å²) in [6, 6.07) is 0. The minimum Gasteiger partial charge on any atom is -0.499 e. The molecule has 2 unspecified atom stereocenters. The Balaban J connectivity index is 2.15. The molecule has 0 aromatic rings. The van der Waals surface area contributed by atoms with Crippen molar-refractivity contribution in [2.75, 3.05) is 13.2 Å². The highest BCUT2D eigenvalue weighted by Gasteiger charge is 2.40. The van der Waals surface area contributed by atoms with Gasteiger partial charge in [-0.2, -0.15) is 0 Å². The van der Waals surface area contributed by atoms with Gasteiger partial charge in [0.2, 0.25) is 5.76 Å². The van der Waals surface area contributed by atoms with Crippen molar-refractivity contribution in [1.82, 2.24) is 0 Å². The lowest BCUT2D eigenvalue weighted by Gasteiger charge is -2.18. The fourth-order valence-corrected chi connectivity index (χ4v) is 4.38. The number of aliphatic hydroxyl groups is 3. The van der Waals surface area contributed by atoms with Crippen LogP contribution in [0, 0.1) is 17.8 Å². The molecule has 0 bridgehead atoms. The molecule has 34 heavy (non-hydrogen) atoms. The van der Waals surface area contributed by atoms with Crippen molar-refractivity contribution in [2.24, 2.45) is 17.8 Å². The van der Waals surface area contributed by atoms with Crippen LogP contribution in [0.1, 0.15) is 105 Å². The van der Waals surface area contributed by atoms with Gasteiger partial charge in [-0.3, -0.25) is 0 Å². The number of aliphatic hydroxyl groups excluding tert-OH is 3. The highest BCUT2D eigenvalue weighted by molar-refractivity contribution is 5.89. The van der Waals surface area contributed by atoms with Crippen LogP contribution >= 0.6 is 0 Å². The largest absolute Gasteiger partial charge is 0.499 e. The van der Waals surface area contributed by atoms with Crippen molar-refractivity contribution in [3.8, 4) is 0 Å². The number of carbonyl (C=O) groups excluding carboxylic acids is 1. The van der Waals surface area contributed by atoms with Crippen molar-refractivity contribution >= 4 is 5.97 Å². The van der Waals surface area contributed by atoms with E-state index in [2.05, 4.69) is 40.7 Å². The van der Waals surface area contributed by atoms with E-state index >= 15 is 0 Å². The molecule has 0 saturated carbocycles. The summed E-state index contributed by atoms with van der Waals surface area (Å²) in [5.41, 5.74) is 1.38. The zero-order valence-electron chi connectivity index (χ0n) is 22.2. The third-order valence-corrected chi connectivity index (χ3v) is 6.69. The Hall–Kier alpha value is -1.53. The van der Waals surface area contributed by atoms with E-state index in [0.717, 1.165) is 37.0 Å². The quantitative estimate of drug-likeness (QED) is 0.115. The van der Waals surface area contributed by atoms with E-state index in [1.165, 1.54) is 56.9 Å². The molecule has 0 spiro atoms. The average molecular weight is 483 g/mol. The lowest BCUT2D eigenvalue weighted by atomic mass is 9.91. The molecule has 198 valence electrons. The van der Waals surface area contributed by atoms with Gasteiger partial charge < -0.3 is 24.8 Å². The second kappa shape index (κ2) is 17.0. The van der Waals surface area contributed by atoms with Gasteiger partial charge in [0.15, 0.2) is 11.9 Å². The molecule has 6 heteroatoms. The molecule has 1 heterocycles. The molecule has 0 aromatic carbocycles. The maximum Gasteiger partial charge on any atom is 0.378 e. The van der Waals surface area contributed by atoms with E-state index in [9.17, 15) is 15.0 Å². The van der Waals surface area contributed by atoms with Crippen LogP contribution in [0.4, 0.5) is 0 Å². The lowest BCUT2D eigenvalue weighted by Crippen LogP contribution is -2.32. The Morgan fingerprint density at radius 2 is 1.59 bits per heavy atom. The number of hydrogen-bond acceptors (Lipinski definition) is 6. The van der Waals surface area contributed by atoms with Gasteiger partial charge in [-0.15, -0.1) is 0 Å². The third kappa shape index (κ3) is 12.3. The summed E-state index contributed by atoms with van der Waals surface area (Å²) in [5, 5.41) is 28.5. The van der Waals surface area contributed by atoms with E-state index in [1.54, 1.807) is 0 Å². The molecule has 0 amide bonds. The van der Waals surface area contributed by atoms with E-state index in [0.29, 0.717) is 6.61 Å². The Bertz CT molecular complexity index is 639. The number of esters is 1. The number of rotatable bonds is 19. The van der Waals surface area contributed by atoms with Crippen LogP contribution in [0.2, 0.25) is 0 Å². The topological polar surface area (TPSA) is 96.2 Å². The number of cyclic esters (lactones) is 1. The monoisotopic (exact) mass is 482 g/mol. The van der Waals surface area contributed by atoms with E-state index in [1.807, 2.05) is 0 Å². The fraction of sp³-hybridized carbons (Fsp3) is 0.821. The number of carbonyl (C=O) groups is 1. The molecule has 0 fully saturated rings. The molecular formula is C28H50O6. The standard InChI is InChI=1S/C28H50O6/c1-20(2)11-8-13-22(4)15-10-17-23(5)16-9-14-21(3)12-6-7-18-33-27-25(31)28(32)34-26(27)24(30)19-29/h12,20,22-24,26,29-31H,6-11,13-19H2,1-5H3/t22?,23?,24-,26+/m0/s1. The SMILES string of the molecule is CC(=CCCCOC1=C(O)C(=O)O[C@@H]1[C@@H](O)CO)CCCC(C)CCCC(C)CCCC(C)C. The van der Waals surface area contributed by atoms with Crippen LogP contribution < -0.4 is 0 Å². The average Bonchev–Trinajstić information content (AvgIpc) is 3.06. The first-order valence-corrected chi connectivity index (χ1v) is 13.4. The van der Waals surface area contributed by atoms with Crippen LogP contribution in [0.3, 0.4) is 0 Å². The molecule has 0 saturated heterocycles. The first-order valence-electron chi connectivity index (χ1n) is 13.4. The van der Waals surface area contributed by atoms with E-state index in [-0.39, 0.29) is 5.76 Å². The van der Waals surface area contributed by atoms with Crippen molar-refractivity contribution in [2.45, 2.75) is 117 Å². The molecule has 0 radical (unpaired) electrons. The van der Waals surface area contributed by atoms with Gasteiger partial charge in [-0.25, -0.2) is 4.79 Å². The number of allylic oxidation sites excluding steroid dienone is 2. The summed E-state index contributed by atoms with van der Waals surface area (Å²) < 4.78 is 10.3. The minimum atomic E-state index is -1.31. The Labute approximate surface area is 207 Å². The van der Waals surface area contributed by atoms with Gasteiger partial charge >= 0.3 is 5.97 Å². The zero-order valence-corrected chi connectivity index (χ0v) is 22.2. The highest BCUT2D eigenvalue weighted by atomic mass is 16.6. The smallest absolute Gasteiger partial charge is 0.378 e. The predicted molar refractivity (Wildman–Crippen MR) is 136 cm³/mol. The molecule has 4 atom stereocenters. The molecule has 6 nitrogen and oxygen atoms in total. The van der Waals surface area contributed by atoms with Gasteiger partial charge in [-0.1, -0.05) is 84.3 Å². The number of unbranched alkanes of at least 4 members (excludes halogenated alkanes) is 1. The molecule has 1 rings (SSSR count). The summed E-state index contributed by atoms with van der Waals surface area (Å²) in [7, 11) is 0. The van der Waals surface area contributed by atoms with Crippen LogP contribution in [-0.4, -0.2) is 46.7 Å². The van der Waals surface area contributed by atoms with Crippen molar-refractivity contribution < 1.29 is 29.6 Å². The van der Waals surface area contributed by atoms with Crippen LogP contribution in [0.5, 0.6) is 0 Å². The normalized spacial score (nSPS) is 19.5. The van der Waals surface area contributed by atoms with Crippen molar-refractivity contribution in [3.63, 3.8) is 0 Å². The summed E-state index contributed by atoms with van der Waals surface area (Å²) >= 11 is 0. The zero-order chi connectivity index (χ0) is 25.5. The number of ether oxygens (including phenoxy) is 2. The second-order valence-corrected chi connectivity index (χ2v) is 10.7. The van der Waals surface area contributed by atoms with Gasteiger partial charge in [-0.05, 0) is 50.4 Å². The highest BCUT2D eigenvalue weighted by Crippen LogP contribution is 2.25. The number of hydrogen-bond donors (Lipinski definition) is 3. The van der Waals surface area contributed by atoms with Crippen molar-refractivity contribution in [1.29, 1.82) is 0 Å². The molecule has 0 aromatic heterocycles. The summed E-state index contributed by atoms with van der Waals surface area (Å²) in [6.45, 7) is 11.3. The molecule has 0 aliphatic carbocycles. The summed E-state index contributed by atoms with van der Waals surface area (Å²) in [6.07, 6.45) is 13.0. The maximum atomic E-state index is 11.5. The van der Waals surface area contributed by atoms with Crippen LogP contribution in [-0.2, 0) is 14.3 Å². The van der Waals surface area contributed by atoms with E-state index in [4.69, 9.17) is 14.6 Å². The minimum absolute atomic E-state index is 0.0915. The third-order valence-electron chi connectivity index (χ3n) is 6.69. The summed E-state index contributed by atoms with van der Waals surface area (Å²) in [5.74, 6) is 0.805.